The summed E-state index contributed by atoms with van der Waals surface area (Å²) in [5.74, 6) is -0.529. The van der Waals surface area contributed by atoms with E-state index < -0.39 is 21.1 Å². The molecule has 1 unspecified atom stereocenters. The maximum atomic E-state index is 13.0. The van der Waals surface area contributed by atoms with Gasteiger partial charge in [-0.05, 0) is 31.0 Å². The van der Waals surface area contributed by atoms with Gasteiger partial charge in [-0.15, -0.1) is 0 Å². The second-order valence-corrected chi connectivity index (χ2v) is 5.50. The number of nitrogens with one attached hydrogen (secondary N) is 1. The number of benzene rings is 1. The van der Waals surface area contributed by atoms with Gasteiger partial charge in [-0.1, -0.05) is 13.0 Å². The van der Waals surface area contributed by atoms with Gasteiger partial charge in [0.05, 0.1) is 11.8 Å². The largest absolute Gasteiger partial charge is 0.282 e. The number of nitriles is 1. The van der Waals surface area contributed by atoms with Crippen LogP contribution >= 0.6 is 0 Å². The number of rotatable bonds is 4. The molecule has 0 aromatic heterocycles. The average molecular weight is 256 g/mol. The Hall–Kier alpha value is -1.61. The molecular weight excluding hydrogens is 243 g/mol. The van der Waals surface area contributed by atoms with Gasteiger partial charge in [0.15, 0.2) is 5.25 Å². The van der Waals surface area contributed by atoms with Crippen molar-refractivity contribution >= 4 is 15.7 Å². The Labute approximate surface area is 100 Å². The van der Waals surface area contributed by atoms with Crippen LogP contribution in [0, 0.1) is 24.1 Å². The molecule has 0 aliphatic rings. The maximum Gasteiger partial charge on any atom is 0.249 e. The van der Waals surface area contributed by atoms with Crippen molar-refractivity contribution in [3.8, 4) is 6.07 Å². The highest BCUT2D eigenvalue weighted by atomic mass is 32.2. The fourth-order valence-electron chi connectivity index (χ4n) is 1.31. The third-order valence-electron chi connectivity index (χ3n) is 2.34. The van der Waals surface area contributed by atoms with Crippen molar-refractivity contribution in [1.29, 1.82) is 5.26 Å². The summed E-state index contributed by atoms with van der Waals surface area (Å²) >= 11 is 0. The lowest BCUT2D eigenvalue weighted by Crippen LogP contribution is -2.26. The molecule has 0 radical (unpaired) electrons. The van der Waals surface area contributed by atoms with Crippen molar-refractivity contribution < 1.29 is 12.8 Å². The van der Waals surface area contributed by atoms with E-state index in [1.54, 1.807) is 19.9 Å². The van der Waals surface area contributed by atoms with Crippen LogP contribution in [0.15, 0.2) is 18.2 Å². The highest BCUT2D eigenvalue weighted by Gasteiger charge is 2.23. The van der Waals surface area contributed by atoms with Crippen molar-refractivity contribution in [3.05, 3.63) is 29.6 Å². The lowest BCUT2D eigenvalue weighted by Gasteiger charge is -2.13. The molecule has 1 rings (SSSR count). The van der Waals surface area contributed by atoms with Gasteiger partial charge in [-0.25, -0.2) is 12.8 Å². The molecule has 0 heterocycles. The molecule has 6 heteroatoms. The molecule has 1 N–H and O–H groups in total. The summed E-state index contributed by atoms with van der Waals surface area (Å²) in [6.07, 6.45) is 0.181. The fraction of sp³-hybridized carbons (Fsp3) is 0.364. The van der Waals surface area contributed by atoms with E-state index in [-0.39, 0.29) is 12.1 Å². The van der Waals surface area contributed by atoms with E-state index in [2.05, 4.69) is 4.72 Å². The Bertz CT molecular complexity index is 549. The second-order valence-electron chi connectivity index (χ2n) is 3.63. The summed E-state index contributed by atoms with van der Waals surface area (Å²) in [5.41, 5.74) is 0.765. The number of sulfonamides is 1. The SMILES string of the molecule is CCC(C#N)S(=O)(=O)Nc1cc(F)ccc1C. The third kappa shape index (κ3) is 3.17. The first-order chi connectivity index (χ1) is 7.90. The van der Waals surface area contributed by atoms with Crippen LogP contribution in [0.2, 0.25) is 0 Å². The van der Waals surface area contributed by atoms with Crippen LogP contribution < -0.4 is 4.72 Å². The van der Waals surface area contributed by atoms with Gasteiger partial charge in [-0.2, -0.15) is 5.26 Å². The van der Waals surface area contributed by atoms with Gasteiger partial charge in [0.1, 0.15) is 5.82 Å². The molecule has 17 heavy (non-hydrogen) atoms. The van der Waals surface area contributed by atoms with Crippen molar-refractivity contribution in [1.82, 2.24) is 0 Å². The number of halogens is 1. The predicted molar refractivity (Wildman–Crippen MR) is 63.4 cm³/mol. The van der Waals surface area contributed by atoms with Crippen LogP contribution in [0.1, 0.15) is 18.9 Å². The lowest BCUT2D eigenvalue weighted by atomic mass is 10.2. The molecule has 0 saturated heterocycles. The van der Waals surface area contributed by atoms with Gasteiger partial charge in [0.25, 0.3) is 0 Å². The molecule has 0 bridgehead atoms. The summed E-state index contributed by atoms with van der Waals surface area (Å²) in [7, 11) is -3.79. The Balaban J connectivity index is 3.06. The lowest BCUT2D eigenvalue weighted by molar-refractivity contribution is 0.592. The standard InChI is InChI=1S/C11H13FN2O2S/c1-3-10(7-13)17(15,16)14-11-6-9(12)5-4-8(11)2/h4-6,10,14H,3H2,1-2H3. The second kappa shape index (κ2) is 5.15. The summed E-state index contributed by atoms with van der Waals surface area (Å²) < 4.78 is 38.8. The van der Waals surface area contributed by atoms with Gasteiger partial charge in [0.2, 0.25) is 10.0 Å². The minimum atomic E-state index is -3.79. The monoisotopic (exact) mass is 256 g/mol. The molecule has 92 valence electrons. The van der Waals surface area contributed by atoms with E-state index >= 15 is 0 Å². The van der Waals surface area contributed by atoms with Gasteiger partial charge in [-0.3, -0.25) is 4.72 Å². The van der Waals surface area contributed by atoms with E-state index in [1.807, 2.05) is 0 Å². The molecule has 0 spiro atoms. The number of hydrogen-bond donors (Lipinski definition) is 1. The molecule has 0 aliphatic heterocycles. The number of nitrogens with zero attached hydrogens (tertiary/aromatic N) is 1. The molecule has 0 saturated carbocycles. The summed E-state index contributed by atoms with van der Waals surface area (Å²) in [5, 5.41) is 7.59. The van der Waals surface area contributed by atoms with Crippen molar-refractivity contribution in [2.75, 3.05) is 4.72 Å². The first kappa shape index (κ1) is 13.5. The van der Waals surface area contributed by atoms with Crippen LogP contribution in [-0.4, -0.2) is 13.7 Å². The number of anilines is 1. The van der Waals surface area contributed by atoms with Crippen LogP contribution in [0.5, 0.6) is 0 Å². The van der Waals surface area contributed by atoms with E-state index in [0.717, 1.165) is 6.07 Å². The molecule has 1 aromatic carbocycles. The highest BCUT2D eigenvalue weighted by molar-refractivity contribution is 7.93. The van der Waals surface area contributed by atoms with Gasteiger partial charge in [0, 0.05) is 0 Å². The molecule has 1 atom stereocenters. The van der Waals surface area contributed by atoms with Crippen LogP contribution in [0.25, 0.3) is 0 Å². The van der Waals surface area contributed by atoms with E-state index in [1.165, 1.54) is 12.1 Å². The number of aryl methyl sites for hydroxylation is 1. The predicted octanol–water partition coefficient (Wildman–Crippen LogP) is 2.18. The zero-order valence-corrected chi connectivity index (χ0v) is 10.4. The smallest absolute Gasteiger partial charge is 0.249 e. The first-order valence-electron chi connectivity index (χ1n) is 5.08. The Morgan fingerprint density at radius 3 is 2.71 bits per heavy atom. The molecule has 0 amide bonds. The number of hydrogen-bond acceptors (Lipinski definition) is 3. The van der Waals surface area contributed by atoms with Crippen molar-refractivity contribution in [2.45, 2.75) is 25.5 Å². The third-order valence-corrected chi connectivity index (χ3v) is 4.03. The average Bonchev–Trinajstić information content (AvgIpc) is 2.24. The topological polar surface area (TPSA) is 70.0 Å². The minimum Gasteiger partial charge on any atom is -0.282 e. The molecule has 0 aliphatic carbocycles. The van der Waals surface area contributed by atoms with Gasteiger partial charge < -0.3 is 0 Å². The molecule has 1 aromatic rings. The zero-order valence-electron chi connectivity index (χ0n) is 9.57. The quantitative estimate of drug-likeness (QED) is 0.897. The molecule has 4 nitrogen and oxygen atoms in total. The van der Waals surface area contributed by atoms with Crippen molar-refractivity contribution in [3.63, 3.8) is 0 Å². The van der Waals surface area contributed by atoms with E-state index in [4.69, 9.17) is 5.26 Å². The highest BCUT2D eigenvalue weighted by Crippen LogP contribution is 2.19. The molecular formula is C11H13FN2O2S. The van der Waals surface area contributed by atoms with Crippen LogP contribution in [-0.2, 0) is 10.0 Å². The summed E-state index contributed by atoms with van der Waals surface area (Å²) in [6, 6.07) is 5.51. The van der Waals surface area contributed by atoms with Crippen LogP contribution in [0.4, 0.5) is 10.1 Å². The minimum absolute atomic E-state index is 0.165. The van der Waals surface area contributed by atoms with E-state index in [9.17, 15) is 12.8 Å². The maximum absolute atomic E-state index is 13.0. The van der Waals surface area contributed by atoms with Crippen LogP contribution in [0.3, 0.4) is 0 Å². The summed E-state index contributed by atoms with van der Waals surface area (Å²) in [4.78, 5) is 0. The van der Waals surface area contributed by atoms with E-state index in [0.29, 0.717) is 5.56 Å². The van der Waals surface area contributed by atoms with Gasteiger partial charge >= 0.3 is 0 Å². The first-order valence-corrected chi connectivity index (χ1v) is 6.62. The Kier molecular flexibility index (Phi) is 4.07. The summed E-state index contributed by atoms with van der Waals surface area (Å²) in [6.45, 7) is 3.26. The normalized spacial score (nSPS) is 12.8. The Morgan fingerprint density at radius 2 is 2.18 bits per heavy atom. The molecule has 0 fully saturated rings. The Morgan fingerprint density at radius 1 is 1.53 bits per heavy atom. The zero-order chi connectivity index (χ0) is 13.1. The fourth-order valence-corrected chi connectivity index (χ4v) is 2.55. The van der Waals surface area contributed by atoms with Crippen molar-refractivity contribution in [2.24, 2.45) is 0 Å².